The molecule has 0 saturated carbocycles. The molecule has 0 radical (unpaired) electrons. The van der Waals surface area contributed by atoms with Crippen LogP contribution in [0.4, 0.5) is 4.39 Å². The van der Waals surface area contributed by atoms with Crippen molar-refractivity contribution in [3.8, 4) is 28.6 Å². The van der Waals surface area contributed by atoms with Crippen molar-refractivity contribution in [3.05, 3.63) is 59.1 Å². The molecular formula is C18H14ClFN2O2. The molecule has 24 heavy (non-hydrogen) atoms. The highest BCUT2D eigenvalue weighted by molar-refractivity contribution is 6.33. The number of rotatable bonds is 2. The smallest absolute Gasteiger partial charge is 0.163 e. The first-order valence-electron chi connectivity index (χ1n) is 7.54. The molecule has 1 aliphatic rings. The third kappa shape index (κ3) is 2.41. The number of hydrogen-bond acceptors (Lipinski definition) is 3. The molecule has 4 rings (SSSR count). The van der Waals surface area contributed by atoms with Crippen LogP contribution in [-0.2, 0) is 0 Å². The summed E-state index contributed by atoms with van der Waals surface area (Å²) < 4.78 is 27.4. The quantitative estimate of drug-likeness (QED) is 0.691. The second-order valence-electron chi connectivity index (χ2n) is 5.48. The Bertz CT molecular complexity index is 903. The molecular weight excluding hydrogens is 331 g/mol. The summed E-state index contributed by atoms with van der Waals surface area (Å²) in [7, 11) is 0. The van der Waals surface area contributed by atoms with E-state index in [1.165, 1.54) is 6.07 Å². The van der Waals surface area contributed by atoms with Gasteiger partial charge in [-0.3, -0.25) is 4.57 Å². The Balaban J connectivity index is 1.90. The summed E-state index contributed by atoms with van der Waals surface area (Å²) in [5.74, 6) is 1.41. The highest BCUT2D eigenvalue weighted by Crippen LogP contribution is 2.36. The monoisotopic (exact) mass is 344 g/mol. The zero-order chi connectivity index (χ0) is 16.7. The predicted octanol–water partition coefficient (Wildman–Crippen LogP) is 4.41. The van der Waals surface area contributed by atoms with E-state index in [4.69, 9.17) is 21.1 Å². The standard InChI is InChI=1S/C18H14ClFN2O2/c1-11-10-21-18(17-13(19)3-2-4-14(17)20)22(11)12-5-6-15-16(9-12)24-8-7-23-15/h2-6,9-10H,7-8H2,1H3. The number of halogens is 2. The van der Waals surface area contributed by atoms with E-state index in [9.17, 15) is 4.39 Å². The van der Waals surface area contributed by atoms with E-state index in [1.54, 1.807) is 18.3 Å². The van der Waals surface area contributed by atoms with Crippen molar-refractivity contribution in [1.82, 2.24) is 9.55 Å². The molecule has 0 N–H and O–H groups in total. The fourth-order valence-electron chi connectivity index (χ4n) is 2.82. The third-order valence-corrected chi connectivity index (χ3v) is 4.22. The van der Waals surface area contributed by atoms with Crippen molar-refractivity contribution >= 4 is 11.6 Å². The number of aromatic nitrogens is 2. The summed E-state index contributed by atoms with van der Waals surface area (Å²) in [6.07, 6.45) is 1.69. The number of ether oxygens (including phenoxy) is 2. The van der Waals surface area contributed by atoms with Gasteiger partial charge in [0.1, 0.15) is 24.9 Å². The first kappa shape index (κ1) is 15.0. The fourth-order valence-corrected chi connectivity index (χ4v) is 3.07. The molecule has 0 unspecified atom stereocenters. The van der Waals surface area contributed by atoms with Crippen LogP contribution in [0, 0.1) is 12.7 Å². The normalized spacial score (nSPS) is 13.1. The average Bonchev–Trinajstić information content (AvgIpc) is 2.95. The minimum absolute atomic E-state index is 0.280. The summed E-state index contributed by atoms with van der Waals surface area (Å²) in [6, 6.07) is 10.2. The van der Waals surface area contributed by atoms with Crippen LogP contribution in [0.5, 0.6) is 11.5 Å². The second kappa shape index (κ2) is 5.83. The Morgan fingerprint density at radius 3 is 2.71 bits per heavy atom. The van der Waals surface area contributed by atoms with Crippen LogP contribution in [0.3, 0.4) is 0 Å². The average molecular weight is 345 g/mol. The Hall–Kier alpha value is -2.53. The Morgan fingerprint density at radius 2 is 1.92 bits per heavy atom. The summed E-state index contributed by atoms with van der Waals surface area (Å²) in [5, 5.41) is 0.319. The molecule has 2 heterocycles. The lowest BCUT2D eigenvalue weighted by Gasteiger charge is -2.20. The molecule has 6 heteroatoms. The largest absolute Gasteiger partial charge is 0.486 e. The van der Waals surface area contributed by atoms with Gasteiger partial charge in [-0.2, -0.15) is 0 Å². The molecule has 0 saturated heterocycles. The Kier molecular flexibility index (Phi) is 3.65. The Morgan fingerprint density at radius 1 is 1.12 bits per heavy atom. The topological polar surface area (TPSA) is 36.3 Å². The van der Waals surface area contributed by atoms with Crippen molar-refractivity contribution in [2.24, 2.45) is 0 Å². The molecule has 1 aromatic heterocycles. The van der Waals surface area contributed by atoms with Crippen LogP contribution in [0.25, 0.3) is 17.1 Å². The maximum absolute atomic E-state index is 14.3. The van der Waals surface area contributed by atoms with Crippen LogP contribution in [0.2, 0.25) is 5.02 Å². The Labute approximate surface area is 143 Å². The fraction of sp³-hybridized carbons (Fsp3) is 0.167. The molecule has 1 aliphatic heterocycles. The van der Waals surface area contributed by atoms with Crippen LogP contribution < -0.4 is 9.47 Å². The van der Waals surface area contributed by atoms with Crippen molar-refractivity contribution in [3.63, 3.8) is 0 Å². The number of nitrogens with zero attached hydrogens (tertiary/aromatic N) is 2. The van der Waals surface area contributed by atoms with E-state index in [1.807, 2.05) is 29.7 Å². The first-order chi connectivity index (χ1) is 11.6. The molecule has 4 nitrogen and oxygen atoms in total. The summed E-state index contributed by atoms with van der Waals surface area (Å²) >= 11 is 6.21. The lowest BCUT2D eigenvalue weighted by Crippen LogP contribution is -2.15. The molecule has 0 fully saturated rings. The number of hydrogen-bond donors (Lipinski definition) is 0. The zero-order valence-corrected chi connectivity index (χ0v) is 13.7. The summed E-state index contributed by atoms with van der Waals surface area (Å²) in [6.45, 7) is 2.94. The van der Waals surface area contributed by atoms with Gasteiger partial charge >= 0.3 is 0 Å². The molecule has 3 aromatic rings. The SMILES string of the molecule is Cc1cnc(-c2c(F)cccc2Cl)n1-c1ccc2c(c1)OCCO2. The molecule has 0 spiro atoms. The molecule has 2 aromatic carbocycles. The van der Waals surface area contributed by atoms with Gasteiger partial charge in [0, 0.05) is 18.0 Å². The van der Waals surface area contributed by atoms with E-state index in [-0.39, 0.29) is 5.56 Å². The second-order valence-corrected chi connectivity index (χ2v) is 5.89. The van der Waals surface area contributed by atoms with Crippen LogP contribution in [-0.4, -0.2) is 22.8 Å². The minimum atomic E-state index is -0.410. The molecule has 0 amide bonds. The van der Waals surface area contributed by atoms with Gasteiger partial charge in [-0.1, -0.05) is 17.7 Å². The lowest BCUT2D eigenvalue weighted by molar-refractivity contribution is 0.171. The van der Waals surface area contributed by atoms with Crippen LogP contribution in [0.1, 0.15) is 5.69 Å². The van der Waals surface area contributed by atoms with E-state index < -0.39 is 5.82 Å². The van der Waals surface area contributed by atoms with Crippen molar-refractivity contribution in [2.45, 2.75) is 6.92 Å². The number of benzene rings is 2. The van der Waals surface area contributed by atoms with Gasteiger partial charge < -0.3 is 9.47 Å². The van der Waals surface area contributed by atoms with Gasteiger partial charge in [-0.25, -0.2) is 9.37 Å². The highest BCUT2D eigenvalue weighted by atomic mass is 35.5. The maximum atomic E-state index is 14.3. The van der Waals surface area contributed by atoms with Gasteiger partial charge in [0.25, 0.3) is 0 Å². The third-order valence-electron chi connectivity index (χ3n) is 3.91. The van der Waals surface area contributed by atoms with Gasteiger partial charge in [-0.05, 0) is 31.2 Å². The van der Waals surface area contributed by atoms with Gasteiger partial charge in [-0.15, -0.1) is 0 Å². The predicted molar refractivity (Wildman–Crippen MR) is 89.7 cm³/mol. The number of fused-ring (bicyclic) bond motifs is 1. The van der Waals surface area contributed by atoms with Crippen LogP contribution in [0.15, 0.2) is 42.6 Å². The number of imidazole rings is 1. The van der Waals surface area contributed by atoms with Gasteiger partial charge in [0.15, 0.2) is 11.5 Å². The van der Waals surface area contributed by atoms with E-state index >= 15 is 0 Å². The van der Waals surface area contributed by atoms with Crippen molar-refractivity contribution in [1.29, 1.82) is 0 Å². The van der Waals surface area contributed by atoms with Crippen LogP contribution >= 0.6 is 11.6 Å². The van der Waals surface area contributed by atoms with E-state index in [0.717, 1.165) is 11.4 Å². The zero-order valence-electron chi connectivity index (χ0n) is 12.9. The summed E-state index contributed by atoms with van der Waals surface area (Å²) in [5.41, 5.74) is 1.95. The van der Waals surface area contributed by atoms with E-state index in [0.29, 0.717) is 35.6 Å². The van der Waals surface area contributed by atoms with Gasteiger partial charge in [0.05, 0.1) is 16.3 Å². The highest BCUT2D eigenvalue weighted by Gasteiger charge is 2.19. The maximum Gasteiger partial charge on any atom is 0.163 e. The molecule has 0 bridgehead atoms. The van der Waals surface area contributed by atoms with Crippen molar-refractivity contribution < 1.29 is 13.9 Å². The minimum Gasteiger partial charge on any atom is -0.486 e. The first-order valence-corrected chi connectivity index (χ1v) is 7.91. The van der Waals surface area contributed by atoms with Gasteiger partial charge in [0.2, 0.25) is 0 Å². The molecule has 122 valence electrons. The summed E-state index contributed by atoms with van der Waals surface area (Å²) in [4.78, 5) is 4.36. The molecule has 0 aliphatic carbocycles. The lowest BCUT2D eigenvalue weighted by atomic mass is 10.2. The number of aryl methyl sites for hydroxylation is 1. The molecule has 0 atom stereocenters. The van der Waals surface area contributed by atoms with Crippen molar-refractivity contribution in [2.75, 3.05) is 13.2 Å². The van der Waals surface area contributed by atoms with E-state index in [2.05, 4.69) is 4.98 Å².